The maximum absolute atomic E-state index is 10.3. The van der Waals surface area contributed by atoms with Crippen LogP contribution in [0.15, 0.2) is 78.9 Å². The van der Waals surface area contributed by atoms with Crippen molar-refractivity contribution in [2.24, 2.45) is 0 Å². The van der Waals surface area contributed by atoms with E-state index in [9.17, 15) is 24.6 Å². The second-order valence-corrected chi connectivity index (χ2v) is 14.7. The maximum atomic E-state index is 10.3. The minimum Gasteiger partial charge on any atom is -0.504 e. The van der Waals surface area contributed by atoms with Crippen LogP contribution in [0.1, 0.15) is 52.3 Å². The number of hydrogen-bond acceptors (Lipinski definition) is 9. The standard InChI is InChI=1S/C20H19ClO4.C17H17N.C6H8O7/c1-24-18-9-12-11-5-3-10-4-6-16(22)20(25-2)19(10)14(11)7-15(21)13(12)8-17(18)23;1-2-7-15-12-18-10-9-13-5-3-4-8-16(13)17(18)11-14(15)6-1;7-3(8)1-6(13,5(11)12)2-4(9)10/h3-7,17-18,22-23H,8-9H2,1-2H3;1-8,17H,9-12H2;13H,1-2H2,(H,7,8)(H,9,10)(H,11,12). The van der Waals surface area contributed by atoms with Crippen molar-refractivity contribution in [2.45, 2.75) is 68.9 Å². The van der Waals surface area contributed by atoms with Crippen molar-refractivity contribution in [3.63, 3.8) is 0 Å². The summed E-state index contributed by atoms with van der Waals surface area (Å²) < 4.78 is 10.9. The molecular formula is C43H44ClNO11. The molecule has 3 unspecified atom stereocenters. The van der Waals surface area contributed by atoms with Crippen molar-refractivity contribution in [3.8, 4) is 11.5 Å². The van der Waals surface area contributed by atoms with E-state index < -0.39 is 42.5 Å². The molecule has 0 bridgehead atoms. The lowest BCUT2D eigenvalue weighted by Gasteiger charge is -2.41. The average Bonchev–Trinajstić information content (AvgIpc) is 3.17. The van der Waals surface area contributed by atoms with E-state index in [1.165, 1.54) is 30.5 Å². The lowest BCUT2D eigenvalue weighted by molar-refractivity contribution is -0.170. The average molecular weight is 786 g/mol. The maximum Gasteiger partial charge on any atom is 0.336 e. The number of carbonyl (C=O) groups is 3. The van der Waals surface area contributed by atoms with Gasteiger partial charge in [0.25, 0.3) is 0 Å². The molecule has 1 aliphatic carbocycles. The van der Waals surface area contributed by atoms with Gasteiger partial charge < -0.3 is 40.1 Å². The fourth-order valence-electron chi connectivity index (χ4n) is 8.10. The van der Waals surface area contributed by atoms with Crippen LogP contribution in [-0.4, -0.2) is 92.0 Å². The molecule has 0 radical (unpaired) electrons. The molecule has 0 saturated heterocycles. The molecule has 2 heterocycles. The number of ether oxygens (including phenoxy) is 2. The SMILES string of the molecule is COc1c(O)ccc2ccc3c4c(c(Cl)cc3c12)CC(O)C(OC)C4.O=C(O)CC(O)(CC(=O)O)C(=O)O.c1ccc2c(c1)CC1c3ccccc3CCN1C2. The number of aromatic hydroxyl groups is 1. The van der Waals surface area contributed by atoms with E-state index in [2.05, 4.69) is 59.5 Å². The lowest BCUT2D eigenvalue weighted by atomic mass is 9.83. The number of carboxylic acids is 3. The molecule has 5 aromatic rings. The Balaban J connectivity index is 0.000000151. The molecule has 0 fully saturated rings. The molecule has 3 atom stereocenters. The van der Waals surface area contributed by atoms with E-state index in [0.29, 0.717) is 29.7 Å². The van der Waals surface area contributed by atoms with Gasteiger partial charge in [0, 0.05) is 49.5 Å². The number of fused-ring (bicyclic) bond motifs is 9. The van der Waals surface area contributed by atoms with Crippen molar-refractivity contribution in [1.82, 2.24) is 4.90 Å². The van der Waals surface area contributed by atoms with Gasteiger partial charge in [-0.15, -0.1) is 0 Å². The molecule has 5 aromatic carbocycles. The summed E-state index contributed by atoms with van der Waals surface area (Å²) in [5.41, 5.74) is 5.48. The van der Waals surface area contributed by atoms with Crippen LogP contribution in [0.5, 0.6) is 11.5 Å². The molecule has 0 aromatic heterocycles. The van der Waals surface area contributed by atoms with Crippen LogP contribution in [0.25, 0.3) is 21.5 Å². The Morgan fingerprint density at radius 3 is 2.11 bits per heavy atom. The largest absolute Gasteiger partial charge is 0.504 e. The number of rotatable bonds is 7. The summed E-state index contributed by atoms with van der Waals surface area (Å²) in [4.78, 5) is 33.1. The smallest absolute Gasteiger partial charge is 0.336 e. The number of aliphatic hydroxyl groups excluding tert-OH is 1. The first kappa shape index (κ1) is 40.4. The summed E-state index contributed by atoms with van der Waals surface area (Å²) in [6.07, 6.45) is 0.335. The number of nitrogens with zero attached hydrogens (tertiary/aromatic N) is 1. The Bertz CT molecular complexity index is 2280. The van der Waals surface area contributed by atoms with Gasteiger partial charge in [-0.25, -0.2) is 4.79 Å². The van der Waals surface area contributed by atoms with Crippen molar-refractivity contribution in [1.29, 1.82) is 0 Å². The topological polar surface area (TPSA) is 194 Å². The van der Waals surface area contributed by atoms with E-state index in [0.717, 1.165) is 39.2 Å². The number of phenols is 1. The first-order valence-corrected chi connectivity index (χ1v) is 18.5. The number of phenolic OH excluding ortho intramolecular Hbond substituents is 1. The Hall–Kier alpha value is -5.24. The van der Waals surface area contributed by atoms with E-state index >= 15 is 0 Å². The summed E-state index contributed by atoms with van der Waals surface area (Å²) in [6, 6.07) is 28.0. The molecule has 0 spiro atoms. The number of methoxy groups -OCH3 is 2. The van der Waals surface area contributed by atoms with Gasteiger partial charge in [-0.2, -0.15) is 0 Å². The molecule has 0 amide bonds. The normalized spacial score (nSPS) is 18.5. The zero-order valence-corrected chi connectivity index (χ0v) is 31.7. The van der Waals surface area contributed by atoms with Crippen molar-refractivity contribution in [3.05, 3.63) is 117 Å². The molecule has 2 aliphatic heterocycles. The minimum absolute atomic E-state index is 0.0986. The van der Waals surface area contributed by atoms with Crippen LogP contribution in [-0.2, 0) is 51.3 Å². The summed E-state index contributed by atoms with van der Waals surface area (Å²) in [7, 11) is 3.16. The second-order valence-electron chi connectivity index (χ2n) is 14.3. The van der Waals surface area contributed by atoms with Crippen LogP contribution >= 0.6 is 11.6 Å². The van der Waals surface area contributed by atoms with Gasteiger partial charge in [-0.05, 0) is 74.5 Å². The molecule has 13 heteroatoms. The zero-order valence-electron chi connectivity index (χ0n) is 30.9. The molecule has 0 saturated carbocycles. The summed E-state index contributed by atoms with van der Waals surface area (Å²) in [5, 5.41) is 58.7. The number of halogens is 1. The third kappa shape index (κ3) is 8.30. The number of aliphatic carboxylic acids is 3. The van der Waals surface area contributed by atoms with Crippen LogP contribution < -0.4 is 4.74 Å². The highest BCUT2D eigenvalue weighted by Gasteiger charge is 2.41. The monoisotopic (exact) mass is 785 g/mol. The summed E-state index contributed by atoms with van der Waals surface area (Å²) >= 11 is 6.56. The Labute approximate surface area is 328 Å². The highest BCUT2D eigenvalue weighted by Crippen LogP contribution is 2.43. The van der Waals surface area contributed by atoms with Gasteiger partial charge in [0.15, 0.2) is 17.1 Å². The van der Waals surface area contributed by atoms with E-state index in [1.54, 1.807) is 31.4 Å². The van der Waals surface area contributed by atoms with Crippen LogP contribution in [0.4, 0.5) is 0 Å². The molecule has 294 valence electrons. The Kier molecular flexibility index (Phi) is 12.2. The third-order valence-electron chi connectivity index (χ3n) is 10.9. The first-order valence-electron chi connectivity index (χ1n) is 18.2. The summed E-state index contributed by atoms with van der Waals surface area (Å²) in [6.45, 7) is 2.32. The number of aliphatic hydroxyl groups is 2. The van der Waals surface area contributed by atoms with Crippen LogP contribution in [0.3, 0.4) is 0 Å². The highest BCUT2D eigenvalue weighted by atomic mass is 35.5. The molecular weight excluding hydrogens is 742 g/mol. The molecule has 8 rings (SSSR count). The Morgan fingerprint density at radius 1 is 0.821 bits per heavy atom. The van der Waals surface area contributed by atoms with Gasteiger partial charge in [-0.3, -0.25) is 14.5 Å². The van der Waals surface area contributed by atoms with Crippen LogP contribution in [0.2, 0.25) is 5.02 Å². The molecule has 56 heavy (non-hydrogen) atoms. The zero-order chi connectivity index (χ0) is 40.3. The quantitative estimate of drug-likeness (QED) is 0.107. The molecule has 3 aliphatic rings. The van der Waals surface area contributed by atoms with Crippen LogP contribution in [0, 0.1) is 0 Å². The number of hydrogen-bond donors (Lipinski definition) is 6. The van der Waals surface area contributed by atoms with E-state index in [4.69, 9.17) is 41.5 Å². The van der Waals surface area contributed by atoms with Gasteiger partial charge >= 0.3 is 17.9 Å². The lowest BCUT2D eigenvalue weighted by Crippen LogP contribution is -2.42. The molecule has 12 nitrogen and oxygen atoms in total. The predicted octanol–water partition coefficient (Wildman–Crippen LogP) is 5.93. The van der Waals surface area contributed by atoms with Crippen molar-refractivity contribution < 1.29 is 54.5 Å². The number of benzene rings is 5. The number of carboxylic acid groups (broad SMARTS) is 3. The van der Waals surface area contributed by atoms with Gasteiger partial charge in [0.1, 0.15) is 0 Å². The fourth-order valence-corrected chi connectivity index (χ4v) is 8.40. The highest BCUT2D eigenvalue weighted by molar-refractivity contribution is 6.33. The predicted molar refractivity (Wildman–Crippen MR) is 209 cm³/mol. The van der Waals surface area contributed by atoms with Gasteiger partial charge in [0.2, 0.25) is 0 Å². The van der Waals surface area contributed by atoms with E-state index in [-0.39, 0.29) is 11.9 Å². The third-order valence-corrected chi connectivity index (χ3v) is 11.2. The van der Waals surface area contributed by atoms with E-state index in [1.807, 2.05) is 18.2 Å². The molecule has 6 N–H and O–H groups in total. The van der Waals surface area contributed by atoms with Gasteiger partial charge in [0.05, 0.1) is 32.2 Å². The first-order chi connectivity index (χ1) is 26.7. The Morgan fingerprint density at radius 2 is 1.46 bits per heavy atom. The fraction of sp³-hybridized carbons (Fsp3) is 0.326. The van der Waals surface area contributed by atoms with Gasteiger partial charge in [-0.1, -0.05) is 78.3 Å². The van der Waals surface area contributed by atoms with Crippen molar-refractivity contribution >= 4 is 51.1 Å². The van der Waals surface area contributed by atoms with Crippen molar-refractivity contribution in [2.75, 3.05) is 20.8 Å². The minimum atomic E-state index is -2.74. The summed E-state index contributed by atoms with van der Waals surface area (Å²) in [5.74, 6) is -4.48. The second kappa shape index (κ2) is 16.9.